The molecule has 26 heavy (non-hydrogen) atoms. The largest absolute Gasteiger partial charge is 0.497 e. The lowest BCUT2D eigenvalue weighted by Gasteiger charge is -2.06. The lowest BCUT2D eigenvalue weighted by Crippen LogP contribution is -2.20. The van der Waals surface area contributed by atoms with Gasteiger partial charge in [0, 0.05) is 23.4 Å². The molecule has 2 rings (SSSR count). The number of rotatable bonds is 8. The fourth-order valence-corrected chi connectivity index (χ4v) is 2.46. The molecule has 2 aromatic rings. The smallest absolute Gasteiger partial charge is 0.240 e. The van der Waals surface area contributed by atoms with Gasteiger partial charge in [-0.1, -0.05) is 12.1 Å². The molecule has 136 valence electrons. The van der Waals surface area contributed by atoms with Gasteiger partial charge in [0.05, 0.1) is 13.3 Å². The van der Waals surface area contributed by atoms with E-state index in [2.05, 4.69) is 15.8 Å². The van der Waals surface area contributed by atoms with Crippen LogP contribution in [0.1, 0.15) is 18.4 Å². The second kappa shape index (κ2) is 10.2. The van der Waals surface area contributed by atoms with Crippen LogP contribution in [0.4, 0.5) is 5.69 Å². The fraction of sp³-hybridized carbons (Fsp3) is 0.211. The molecular weight excluding hydrogens is 350 g/mol. The SMILES string of the molecule is COc1ccc(NC(=O)CCC(=O)NN=Cc2ccc(SC)cc2)cc1. The molecule has 0 aliphatic heterocycles. The van der Waals surface area contributed by atoms with Crippen LogP contribution < -0.4 is 15.5 Å². The Hall–Kier alpha value is -2.80. The maximum Gasteiger partial charge on any atom is 0.240 e. The Morgan fingerprint density at radius 3 is 2.31 bits per heavy atom. The zero-order valence-corrected chi connectivity index (χ0v) is 15.5. The third kappa shape index (κ3) is 6.60. The summed E-state index contributed by atoms with van der Waals surface area (Å²) < 4.78 is 5.05. The number of nitrogens with one attached hydrogen (secondary N) is 2. The number of hydrogen-bond donors (Lipinski definition) is 2. The molecule has 2 amide bonds. The number of anilines is 1. The standard InChI is InChI=1S/C19H21N3O3S/c1-25-16-7-5-15(6-8-16)21-18(23)11-12-19(24)22-20-13-14-3-9-17(26-2)10-4-14/h3-10,13H,11-12H2,1-2H3,(H,21,23)(H,22,24). The van der Waals surface area contributed by atoms with Crippen molar-refractivity contribution in [1.29, 1.82) is 0 Å². The highest BCUT2D eigenvalue weighted by molar-refractivity contribution is 7.98. The Bertz CT molecular complexity index is 759. The molecule has 0 heterocycles. The average Bonchev–Trinajstić information content (AvgIpc) is 2.67. The Balaban J connectivity index is 1.71. The number of thioether (sulfide) groups is 1. The van der Waals surface area contributed by atoms with Crippen LogP contribution in [0.15, 0.2) is 58.5 Å². The van der Waals surface area contributed by atoms with Crippen molar-refractivity contribution in [2.75, 3.05) is 18.7 Å². The maximum absolute atomic E-state index is 11.9. The summed E-state index contributed by atoms with van der Waals surface area (Å²) >= 11 is 1.66. The molecule has 0 radical (unpaired) electrons. The third-order valence-electron chi connectivity index (χ3n) is 3.47. The van der Waals surface area contributed by atoms with Crippen LogP contribution in [-0.4, -0.2) is 31.4 Å². The number of methoxy groups -OCH3 is 1. The van der Waals surface area contributed by atoms with Gasteiger partial charge in [0.2, 0.25) is 11.8 Å². The molecule has 0 aliphatic rings. The predicted molar refractivity (Wildman–Crippen MR) is 105 cm³/mol. The van der Waals surface area contributed by atoms with Crippen LogP contribution in [0.2, 0.25) is 0 Å². The molecule has 0 saturated carbocycles. The van der Waals surface area contributed by atoms with Gasteiger partial charge in [-0.2, -0.15) is 5.10 Å². The van der Waals surface area contributed by atoms with Crippen LogP contribution in [0.5, 0.6) is 5.75 Å². The van der Waals surface area contributed by atoms with Crippen LogP contribution >= 0.6 is 11.8 Å². The lowest BCUT2D eigenvalue weighted by atomic mass is 10.2. The first kappa shape index (κ1) is 19.5. The van der Waals surface area contributed by atoms with Crippen molar-refractivity contribution in [3.8, 4) is 5.75 Å². The molecule has 7 heteroatoms. The molecule has 6 nitrogen and oxygen atoms in total. The number of hydrazone groups is 1. The summed E-state index contributed by atoms with van der Waals surface area (Å²) in [6, 6.07) is 14.8. The highest BCUT2D eigenvalue weighted by atomic mass is 32.2. The van der Waals surface area contributed by atoms with E-state index in [1.807, 2.05) is 30.5 Å². The first-order valence-electron chi connectivity index (χ1n) is 8.00. The van der Waals surface area contributed by atoms with Gasteiger partial charge in [-0.15, -0.1) is 11.8 Å². The van der Waals surface area contributed by atoms with E-state index in [4.69, 9.17) is 4.74 Å². The van der Waals surface area contributed by atoms with E-state index >= 15 is 0 Å². The highest BCUT2D eigenvalue weighted by Gasteiger charge is 2.07. The van der Waals surface area contributed by atoms with Crippen LogP contribution in [0.25, 0.3) is 0 Å². The normalized spacial score (nSPS) is 10.5. The van der Waals surface area contributed by atoms with E-state index in [1.54, 1.807) is 49.4 Å². The van der Waals surface area contributed by atoms with Gasteiger partial charge >= 0.3 is 0 Å². The van der Waals surface area contributed by atoms with Gasteiger partial charge in [-0.25, -0.2) is 5.43 Å². The number of amides is 2. The number of hydrogen-bond acceptors (Lipinski definition) is 5. The number of nitrogens with zero attached hydrogens (tertiary/aromatic N) is 1. The Morgan fingerprint density at radius 2 is 1.69 bits per heavy atom. The first-order valence-corrected chi connectivity index (χ1v) is 9.23. The van der Waals surface area contributed by atoms with E-state index < -0.39 is 0 Å². The maximum atomic E-state index is 11.9. The Labute approximate surface area is 157 Å². The summed E-state index contributed by atoms with van der Waals surface area (Å²) in [5.74, 6) is 0.164. The molecule has 2 N–H and O–H groups in total. The summed E-state index contributed by atoms with van der Waals surface area (Å²) in [7, 11) is 1.58. The second-order valence-electron chi connectivity index (χ2n) is 5.34. The number of carbonyl (C=O) groups excluding carboxylic acids is 2. The van der Waals surface area contributed by atoms with E-state index in [0.29, 0.717) is 11.4 Å². The van der Waals surface area contributed by atoms with Crippen molar-refractivity contribution in [3.05, 3.63) is 54.1 Å². The van der Waals surface area contributed by atoms with E-state index in [-0.39, 0.29) is 24.7 Å². The number of carbonyl (C=O) groups is 2. The third-order valence-corrected chi connectivity index (χ3v) is 4.22. The number of benzene rings is 2. The summed E-state index contributed by atoms with van der Waals surface area (Å²) in [5, 5.41) is 6.63. The molecule has 0 fully saturated rings. The van der Waals surface area contributed by atoms with Crippen LogP contribution in [0, 0.1) is 0 Å². The second-order valence-corrected chi connectivity index (χ2v) is 6.22. The van der Waals surface area contributed by atoms with Crippen LogP contribution in [0.3, 0.4) is 0 Å². The molecular formula is C19H21N3O3S. The van der Waals surface area contributed by atoms with Crippen molar-refractivity contribution in [1.82, 2.24) is 5.43 Å². The molecule has 2 aromatic carbocycles. The van der Waals surface area contributed by atoms with Gasteiger partial charge in [0.25, 0.3) is 0 Å². The summed E-state index contributed by atoms with van der Waals surface area (Å²) in [5.41, 5.74) is 3.97. The van der Waals surface area contributed by atoms with Crippen molar-refractivity contribution in [2.45, 2.75) is 17.7 Å². The molecule has 0 atom stereocenters. The van der Waals surface area contributed by atoms with Gasteiger partial charge in [0.1, 0.15) is 5.75 Å². The van der Waals surface area contributed by atoms with Gasteiger partial charge < -0.3 is 10.1 Å². The van der Waals surface area contributed by atoms with Gasteiger partial charge in [-0.3, -0.25) is 9.59 Å². The molecule has 0 spiro atoms. The van der Waals surface area contributed by atoms with Crippen molar-refractivity contribution >= 4 is 35.5 Å². The molecule has 0 bridgehead atoms. The molecule has 0 aromatic heterocycles. The molecule has 0 unspecified atom stereocenters. The van der Waals surface area contributed by atoms with Crippen molar-refractivity contribution in [3.63, 3.8) is 0 Å². The topological polar surface area (TPSA) is 79.8 Å². The monoisotopic (exact) mass is 371 g/mol. The highest BCUT2D eigenvalue weighted by Crippen LogP contribution is 2.15. The minimum absolute atomic E-state index is 0.0603. The minimum atomic E-state index is -0.313. The van der Waals surface area contributed by atoms with Crippen LogP contribution in [-0.2, 0) is 9.59 Å². The van der Waals surface area contributed by atoms with Gasteiger partial charge in [-0.05, 0) is 48.2 Å². The number of ether oxygens (including phenoxy) is 1. The molecule has 0 saturated heterocycles. The van der Waals surface area contributed by atoms with Crippen molar-refractivity contribution < 1.29 is 14.3 Å². The first-order chi connectivity index (χ1) is 12.6. The quantitative estimate of drug-likeness (QED) is 0.424. The Morgan fingerprint density at radius 1 is 1.04 bits per heavy atom. The van der Waals surface area contributed by atoms with Crippen molar-refractivity contribution in [2.24, 2.45) is 5.10 Å². The Kier molecular flexibility index (Phi) is 7.70. The summed E-state index contributed by atoms with van der Waals surface area (Å²) in [6.07, 6.45) is 3.72. The fourth-order valence-electron chi connectivity index (χ4n) is 2.05. The average molecular weight is 371 g/mol. The summed E-state index contributed by atoms with van der Waals surface area (Å²) in [6.45, 7) is 0. The predicted octanol–water partition coefficient (Wildman–Crippen LogP) is 3.29. The van der Waals surface area contributed by atoms with Gasteiger partial charge in [0.15, 0.2) is 0 Å². The zero-order chi connectivity index (χ0) is 18.8. The van der Waals surface area contributed by atoms with E-state index in [9.17, 15) is 9.59 Å². The van der Waals surface area contributed by atoms with E-state index in [1.165, 1.54) is 0 Å². The lowest BCUT2D eigenvalue weighted by molar-refractivity contribution is -0.124. The van der Waals surface area contributed by atoms with E-state index in [0.717, 1.165) is 10.5 Å². The minimum Gasteiger partial charge on any atom is -0.497 e. The molecule has 0 aliphatic carbocycles. The zero-order valence-electron chi connectivity index (χ0n) is 14.7. The summed E-state index contributed by atoms with van der Waals surface area (Å²) in [4.78, 5) is 24.8.